The van der Waals surface area contributed by atoms with Crippen molar-refractivity contribution < 1.29 is 4.79 Å². The molecule has 0 saturated carbocycles. The predicted octanol–water partition coefficient (Wildman–Crippen LogP) is 4.66. The van der Waals surface area contributed by atoms with Crippen LogP contribution in [0.1, 0.15) is 52.0 Å². The highest BCUT2D eigenvalue weighted by Crippen LogP contribution is 2.22. The Morgan fingerprint density at radius 3 is 2.15 bits per heavy atom. The third kappa shape index (κ3) is 2.67. The molecule has 104 valence electrons. The number of hydrogen-bond donors (Lipinski definition) is 0. The zero-order valence-corrected chi connectivity index (χ0v) is 12.8. The fourth-order valence-corrected chi connectivity index (χ4v) is 2.67. The Hall–Kier alpha value is -1.89. The second kappa shape index (κ2) is 6.04. The van der Waals surface area contributed by atoms with E-state index in [1.165, 1.54) is 5.56 Å². The van der Waals surface area contributed by atoms with Gasteiger partial charge in [-0.3, -0.25) is 4.79 Å². The van der Waals surface area contributed by atoms with E-state index in [0.29, 0.717) is 0 Å². The van der Waals surface area contributed by atoms with Crippen molar-refractivity contribution in [3.05, 3.63) is 69.8 Å². The summed E-state index contributed by atoms with van der Waals surface area (Å²) in [5.41, 5.74) is 6.18. The lowest BCUT2D eigenvalue weighted by atomic mass is 9.90. The number of benzene rings is 2. The molecule has 0 saturated heterocycles. The minimum absolute atomic E-state index is 0.160. The quantitative estimate of drug-likeness (QED) is 0.736. The molecule has 20 heavy (non-hydrogen) atoms. The molecule has 0 heterocycles. The zero-order valence-electron chi connectivity index (χ0n) is 12.8. The SMILES string of the molecule is CCc1ccc(CC)c(C(=O)c2c(C)cccc2C)c1. The monoisotopic (exact) mass is 266 g/mol. The molecule has 1 heteroatoms. The van der Waals surface area contributed by atoms with Crippen LogP contribution in [0, 0.1) is 13.8 Å². The van der Waals surface area contributed by atoms with Crippen LogP contribution in [0.15, 0.2) is 36.4 Å². The van der Waals surface area contributed by atoms with E-state index in [9.17, 15) is 4.79 Å². The number of rotatable bonds is 4. The molecule has 0 aromatic heterocycles. The van der Waals surface area contributed by atoms with Gasteiger partial charge >= 0.3 is 0 Å². The van der Waals surface area contributed by atoms with Crippen LogP contribution < -0.4 is 0 Å². The summed E-state index contributed by atoms with van der Waals surface area (Å²) in [6, 6.07) is 12.3. The van der Waals surface area contributed by atoms with E-state index in [2.05, 4.69) is 32.0 Å². The summed E-state index contributed by atoms with van der Waals surface area (Å²) in [6.45, 7) is 8.24. The summed E-state index contributed by atoms with van der Waals surface area (Å²) in [6.07, 6.45) is 1.84. The number of carbonyl (C=O) groups excluding carboxylic acids is 1. The molecule has 0 N–H and O–H groups in total. The number of ketones is 1. The highest BCUT2D eigenvalue weighted by Gasteiger charge is 2.17. The van der Waals surface area contributed by atoms with Gasteiger partial charge in [-0.15, -0.1) is 0 Å². The molecular formula is C19H22O. The summed E-state index contributed by atoms with van der Waals surface area (Å²) in [5, 5.41) is 0. The molecule has 0 bridgehead atoms. The van der Waals surface area contributed by atoms with Gasteiger partial charge in [0.05, 0.1) is 0 Å². The summed E-state index contributed by atoms with van der Waals surface area (Å²) < 4.78 is 0. The molecule has 0 spiro atoms. The van der Waals surface area contributed by atoms with Gasteiger partial charge in [0, 0.05) is 11.1 Å². The summed E-state index contributed by atoms with van der Waals surface area (Å²) >= 11 is 0. The normalized spacial score (nSPS) is 10.6. The van der Waals surface area contributed by atoms with Crippen LogP contribution in [0.3, 0.4) is 0 Å². The van der Waals surface area contributed by atoms with Crippen molar-refractivity contribution in [1.82, 2.24) is 0 Å². The first-order chi connectivity index (χ1) is 9.58. The standard InChI is InChI=1S/C19H22O/c1-5-15-10-11-16(6-2)17(12-15)19(20)18-13(3)8-7-9-14(18)4/h7-12H,5-6H2,1-4H3. The Morgan fingerprint density at radius 2 is 1.60 bits per heavy atom. The van der Waals surface area contributed by atoms with Gasteiger partial charge in [0.1, 0.15) is 0 Å². The third-order valence-corrected chi connectivity index (χ3v) is 3.92. The molecule has 0 atom stereocenters. The summed E-state index contributed by atoms with van der Waals surface area (Å²) in [5.74, 6) is 0.160. The smallest absolute Gasteiger partial charge is 0.193 e. The van der Waals surface area contributed by atoms with E-state index in [1.807, 2.05) is 32.0 Å². The second-order valence-electron chi connectivity index (χ2n) is 5.29. The maximum absolute atomic E-state index is 12.9. The predicted molar refractivity (Wildman–Crippen MR) is 84.5 cm³/mol. The topological polar surface area (TPSA) is 17.1 Å². The van der Waals surface area contributed by atoms with Gasteiger partial charge in [0.15, 0.2) is 5.78 Å². The van der Waals surface area contributed by atoms with Crippen LogP contribution >= 0.6 is 0 Å². The lowest BCUT2D eigenvalue weighted by Crippen LogP contribution is -2.09. The van der Waals surface area contributed by atoms with Crippen LogP contribution in [0.25, 0.3) is 0 Å². The van der Waals surface area contributed by atoms with Crippen molar-refractivity contribution >= 4 is 5.78 Å². The molecule has 0 aliphatic rings. The minimum Gasteiger partial charge on any atom is -0.289 e. The van der Waals surface area contributed by atoms with Crippen molar-refractivity contribution in [3.63, 3.8) is 0 Å². The Labute approximate surface area is 121 Å². The van der Waals surface area contributed by atoms with Crippen molar-refractivity contribution in [1.29, 1.82) is 0 Å². The zero-order chi connectivity index (χ0) is 14.7. The summed E-state index contributed by atoms with van der Waals surface area (Å²) in [7, 11) is 0. The molecule has 0 aliphatic carbocycles. The van der Waals surface area contributed by atoms with E-state index in [0.717, 1.165) is 40.7 Å². The van der Waals surface area contributed by atoms with Crippen LogP contribution in [0.4, 0.5) is 0 Å². The van der Waals surface area contributed by atoms with Crippen molar-refractivity contribution in [3.8, 4) is 0 Å². The van der Waals surface area contributed by atoms with Crippen LogP contribution in [-0.2, 0) is 12.8 Å². The van der Waals surface area contributed by atoms with Crippen molar-refractivity contribution in [2.75, 3.05) is 0 Å². The molecule has 2 rings (SSSR count). The van der Waals surface area contributed by atoms with Crippen molar-refractivity contribution in [2.45, 2.75) is 40.5 Å². The first kappa shape index (κ1) is 14.5. The fraction of sp³-hybridized carbons (Fsp3) is 0.316. The summed E-state index contributed by atoms with van der Waals surface area (Å²) in [4.78, 5) is 12.9. The molecule has 2 aromatic carbocycles. The van der Waals surface area contributed by atoms with Gasteiger partial charge < -0.3 is 0 Å². The molecule has 1 nitrogen and oxygen atoms in total. The van der Waals surface area contributed by atoms with Crippen LogP contribution in [0.5, 0.6) is 0 Å². The second-order valence-corrected chi connectivity index (χ2v) is 5.29. The molecule has 0 unspecified atom stereocenters. The van der Waals surface area contributed by atoms with Gasteiger partial charge in [0.25, 0.3) is 0 Å². The van der Waals surface area contributed by atoms with Crippen molar-refractivity contribution in [2.24, 2.45) is 0 Å². The molecule has 0 fully saturated rings. The number of aryl methyl sites for hydroxylation is 4. The highest BCUT2D eigenvalue weighted by molar-refractivity contribution is 6.11. The van der Waals surface area contributed by atoms with Gasteiger partial charge in [-0.05, 0) is 55.0 Å². The van der Waals surface area contributed by atoms with Crippen LogP contribution in [0.2, 0.25) is 0 Å². The van der Waals surface area contributed by atoms with E-state index in [4.69, 9.17) is 0 Å². The Morgan fingerprint density at radius 1 is 0.950 bits per heavy atom. The first-order valence-corrected chi connectivity index (χ1v) is 7.31. The third-order valence-electron chi connectivity index (χ3n) is 3.92. The minimum atomic E-state index is 0.160. The van der Waals surface area contributed by atoms with Gasteiger partial charge in [-0.1, -0.05) is 44.2 Å². The first-order valence-electron chi connectivity index (χ1n) is 7.31. The average Bonchev–Trinajstić information content (AvgIpc) is 2.46. The van der Waals surface area contributed by atoms with Gasteiger partial charge in [-0.2, -0.15) is 0 Å². The molecular weight excluding hydrogens is 244 g/mol. The Balaban J connectivity index is 2.58. The lowest BCUT2D eigenvalue weighted by molar-refractivity contribution is 0.103. The van der Waals surface area contributed by atoms with Gasteiger partial charge in [0.2, 0.25) is 0 Å². The van der Waals surface area contributed by atoms with E-state index >= 15 is 0 Å². The largest absolute Gasteiger partial charge is 0.289 e. The Bertz CT molecular complexity index is 618. The molecule has 0 aliphatic heterocycles. The molecule has 2 aromatic rings. The number of carbonyl (C=O) groups is 1. The van der Waals surface area contributed by atoms with Gasteiger partial charge in [-0.25, -0.2) is 0 Å². The Kier molecular flexibility index (Phi) is 4.39. The highest BCUT2D eigenvalue weighted by atomic mass is 16.1. The van der Waals surface area contributed by atoms with Crippen LogP contribution in [-0.4, -0.2) is 5.78 Å². The van der Waals surface area contributed by atoms with E-state index in [1.54, 1.807) is 0 Å². The lowest BCUT2D eigenvalue weighted by Gasteiger charge is -2.13. The molecule has 0 amide bonds. The molecule has 0 radical (unpaired) electrons. The maximum atomic E-state index is 12.9. The average molecular weight is 266 g/mol. The van der Waals surface area contributed by atoms with E-state index < -0.39 is 0 Å². The number of hydrogen-bond acceptors (Lipinski definition) is 1. The maximum Gasteiger partial charge on any atom is 0.193 e. The fourth-order valence-electron chi connectivity index (χ4n) is 2.67. The van der Waals surface area contributed by atoms with E-state index in [-0.39, 0.29) is 5.78 Å².